The van der Waals surface area contributed by atoms with Gasteiger partial charge in [0, 0.05) is 43.7 Å². The Morgan fingerprint density at radius 1 is 1.10 bits per heavy atom. The van der Waals surface area contributed by atoms with Crippen molar-refractivity contribution >= 4 is 23.3 Å². The van der Waals surface area contributed by atoms with Gasteiger partial charge in [-0.2, -0.15) is 0 Å². The van der Waals surface area contributed by atoms with Crippen LogP contribution < -0.4 is 14.5 Å². The molecule has 30 heavy (non-hydrogen) atoms. The average molecular weight is 410 g/mol. The number of rotatable bonds is 4. The van der Waals surface area contributed by atoms with Gasteiger partial charge in [-0.25, -0.2) is 4.79 Å². The number of nitrogens with zero attached hydrogens (tertiary/aromatic N) is 2. The number of carbonyl (C=O) groups excluding carboxylic acids is 1. The van der Waals surface area contributed by atoms with Gasteiger partial charge < -0.3 is 24.4 Å². The fraction of sp³-hybridized carbons (Fsp3) is 0.391. The standard InChI is InChI=1S/C23H26N2O5/c1-15-13-22(20-14-17(23(27)28)3-8-21(20)25(15)16(2)26)30-19-6-4-18(5-7-19)24-9-11-29-12-10-24/h3-8,14-15,22H,9-13H2,1-2H3,(H,27,28). The van der Waals surface area contributed by atoms with Crippen LogP contribution >= 0.6 is 0 Å². The van der Waals surface area contributed by atoms with Crippen molar-refractivity contribution in [2.45, 2.75) is 32.4 Å². The Bertz CT molecular complexity index is 937. The van der Waals surface area contributed by atoms with Crippen LogP contribution in [-0.2, 0) is 9.53 Å². The monoisotopic (exact) mass is 410 g/mol. The number of carboxylic acid groups (broad SMARTS) is 1. The van der Waals surface area contributed by atoms with Gasteiger partial charge in [0.15, 0.2) is 0 Å². The molecule has 0 saturated carbocycles. The first-order chi connectivity index (χ1) is 14.4. The van der Waals surface area contributed by atoms with Crippen molar-refractivity contribution < 1.29 is 24.2 Å². The zero-order valence-corrected chi connectivity index (χ0v) is 17.2. The maximum Gasteiger partial charge on any atom is 0.335 e. The molecule has 7 nitrogen and oxygen atoms in total. The van der Waals surface area contributed by atoms with Crippen LogP contribution in [-0.4, -0.2) is 49.3 Å². The summed E-state index contributed by atoms with van der Waals surface area (Å²) in [5.74, 6) is -0.355. The number of hydrogen-bond acceptors (Lipinski definition) is 5. The van der Waals surface area contributed by atoms with E-state index in [1.165, 1.54) is 13.0 Å². The number of benzene rings is 2. The lowest BCUT2D eigenvalue weighted by molar-refractivity contribution is -0.117. The molecule has 1 N–H and O–H groups in total. The van der Waals surface area contributed by atoms with Gasteiger partial charge in [0.25, 0.3) is 0 Å². The molecular formula is C23H26N2O5. The highest BCUT2D eigenvalue weighted by atomic mass is 16.5. The van der Waals surface area contributed by atoms with E-state index in [4.69, 9.17) is 9.47 Å². The molecule has 7 heteroatoms. The summed E-state index contributed by atoms with van der Waals surface area (Å²) in [6.07, 6.45) is 0.250. The maximum absolute atomic E-state index is 12.2. The lowest BCUT2D eigenvalue weighted by Crippen LogP contribution is -2.43. The number of morpholine rings is 1. The maximum atomic E-state index is 12.2. The molecule has 0 aromatic heterocycles. The Kier molecular flexibility index (Phi) is 5.63. The summed E-state index contributed by atoms with van der Waals surface area (Å²) in [6, 6.07) is 12.7. The van der Waals surface area contributed by atoms with Crippen molar-refractivity contribution in [1.82, 2.24) is 0 Å². The van der Waals surface area contributed by atoms with Crippen molar-refractivity contribution in [3.8, 4) is 5.75 Å². The first kappa shape index (κ1) is 20.2. The van der Waals surface area contributed by atoms with Crippen LogP contribution in [0, 0.1) is 0 Å². The van der Waals surface area contributed by atoms with Crippen LogP contribution in [0.25, 0.3) is 0 Å². The molecule has 2 aromatic rings. The minimum absolute atomic E-state index is 0.0525. The van der Waals surface area contributed by atoms with E-state index in [0.29, 0.717) is 17.9 Å². The summed E-state index contributed by atoms with van der Waals surface area (Å²) in [5.41, 5.74) is 2.74. The fourth-order valence-electron chi connectivity index (χ4n) is 4.26. The summed E-state index contributed by atoms with van der Waals surface area (Å²) >= 11 is 0. The zero-order valence-electron chi connectivity index (χ0n) is 17.2. The minimum Gasteiger partial charge on any atom is -0.486 e. The van der Waals surface area contributed by atoms with Crippen LogP contribution in [0.1, 0.15) is 42.3 Å². The summed E-state index contributed by atoms with van der Waals surface area (Å²) in [6.45, 7) is 6.70. The smallest absolute Gasteiger partial charge is 0.335 e. The quantitative estimate of drug-likeness (QED) is 0.831. The van der Waals surface area contributed by atoms with Crippen molar-refractivity contribution in [3.63, 3.8) is 0 Å². The van der Waals surface area contributed by atoms with Crippen LogP contribution in [0.2, 0.25) is 0 Å². The van der Waals surface area contributed by atoms with Gasteiger partial charge in [-0.1, -0.05) is 0 Å². The van der Waals surface area contributed by atoms with E-state index in [1.54, 1.807) is 17.0 Å². The molecule has 0 spiro atoms. The Morgan fingerprint density at radius 2 is 1.80 bits per heavy atom. The summed E-state index contributed by atoms with van der Waals surface area (Å²) < 4.78 is 11.7. The number of ether oxygens (including phenoxy) is 2. The molecule has 1 saturated heterocycles. The topological polar surface area (TPSA) is 79.3 Å². The van der Waals surface area contributed by atoms with E-state index in [1.807, 2.05) is 31.2 Å². The minimum atomic E-state index is -1.00. The number of carbonyl (C=O) groups is 2. The molecule has 2 unspecified atom stereocenters. The molecule has 2 aliphatic heterocycles. The Morgan fingerprint density at radius 3 is 2.43 bits per heavy atom. The average Bonchev–Trinajstić information content (AvgIpc) is 2.74. The zero-order chi connectivity index (χ0) is 21.3. The highest BCUT2D eigenvalue weighted by Crippen LogP contribution is 2.40. The molecule has 4 rings (SSSR count). The Hall–Kier alpha value is -3.06. The second-order valence-electron chi connectivity index (χ2n) is 7.75. The van der Waals surface area contributed by atoms with Gasteiger partial charge in [0.2, 0.25) is 5.91 Å². The highest BCUT2D eigenvalue weighted by Gasteiger charge is 2.34. The van der Waals surface area contributed by atoms with Crippen molar-refractivity contribution in [3.05, 3.63) is 53.6 Å². The normalized spacial score (nSPS) is 21.1. The summed E-state index contributed by atoms with van der Waals surface area (Å²) in [7, 11) is 0. The van der Waals surface area contributed by atoms with Gasteiger partial charge in [-0.05, 0) is 49.4 Å². The van der Waals surface area contributed by atoms with Crippen LogP contribution in [0.15, 0.2) is 42.5 Å². The second-order valence-corrected chi connectivity index (χ2v) is 7.75. The number of carboxylic acids is 1. The third-order valence-corrected chi connectivity index (χ3v) is 5.71. The van der Waals surface area contributed by atoms with E-state index >= 15 is 0 Å². The molecule has 0 aliphatic carbocycles. The third-order valence-electron chi connectivity index (χ3n) is 5.71. The fourth-order valence-corrected chi connectivity index (χ4v) is 4.26. The van der Waals surface area contributed by atoms with E-state index in [0.717, 1.165) is 37.6 Å². The number of anilines is 2. The SMILES string of the molecule is CC(=O)N1c2ccc(C(=O)O)cc2C(Oc2ccc(N3CCOCC3)cc2)CC1C. The molecular weight excluding hydrogens is 384 g/mol. The Balaban J connectivity index is 1.60. The third kappa shape index (κ3) is 3.98. The lowest BCUT2D eigenvalue weighted by Gasteiger charge is -2.39. The van der Waals surface area contributed by atoms with Gasteiger partial charge in [0.05, 0.1) is 24.5 Å². The van der Waals surface area contributed by atoms with E-state index < -0.39 is 5.97 Å². The summed E-state index contributed by atoms with van der Waals surface area (Å²) in [5, 5.41) is 9.41. The molecule has 2 aliphatic rings. The Labute approximate surface area is 175 Å². The molecule has 158 valence electrons. The summed E-state index contributed by atoms with van der Waals surface area (Å²) in [4.78, 5) is 27.7. The second kappa shape index (κ2) is 8.36. The molecule has 1 fully saturated rings. The molecule has 2 atom stereocenters. The predicted molar refractivity (Wildman–Crippen MR) is 113 cm³/mol. The number of amides is 1. The van der Waals surface area contributed by atoms with Crippen LogP contribution in [0.5, 0.6) is 5.75 Å². The lowest BCUT2D eigenvalue weighted by atomic mass is 9.92. The molecule has 1 amide bonds. The first-order valence-electron chi connectivity index (χ1n) is 10.2. The molecule has 2 aromatic carbocycles. The highest BCUT2D eigenvalue weighted by molar-refractivity contribution is 5.95. The molecule has 2 heterocycles. The van der Waals surface area contributed by atoms with Gasteiger partial charge >= 0.3 is 5.97 Å². The number of aromatic carboxylic acids is 1. The van der Waals surface area contributed by atoms with Gasteiger partial charge in [-0.3, -0.25) is 4.79 Å². The molecule has 0 radical (unpaired) electrons. The van der Waals surface area contributed by atoms with Crippen LogP contribution in [0.3, 0.4) is 0 Å². The van der Waals surface area contributed by atoms with Crippen molar-refractivity contribution in [2.75, 3.05) is 36.1 Å². The number of fused-ring (bicyclic) bond motifs is 1. The predicted octanol–water partition coefficient (Wildman–Crippen LogP) is 3.49. The van der Waals surface area contributed by atoms with E-state index in [2.05, 4.69) is 4.90 Å². The first-order valence-corrected chi connectivity index (χ1v) is 10.2. The number of hydrogen-bond donors (Lipinski definition) is 1. The van der Waals surface area contributed by atoms with Crippen molar-refractivity contribution in [2.24, 2.45) is 0 Å². The van der Waals surface area contributed by atoms with Gasteiger partial charge in [-0.15, -0.1) is 0 Å². The van der Waals surface area contributed by atoms with Crippen LogP contribution in [0.4, 0.5) is 11.4 Å². The molecule has 0 bridgehead atoms. The van der Waals surface area contributed by atoms with Crippen molar-refractivity contribution in [1.29, 1.82) is 0 Å². The van der Waals surface area contributed by atoms with Gasteiger partial charge in [0.1, 0.15) is 11.9 Å². The largest absolute Gasteiger partial charge is 0.486 e. The van der Waals surface area contributed by atoms with E-state index in [-0.39, 0.29) is 23.6 Å². The van der Waals surface area contributed by atoms with E-state index in [9.17, 15) is 14.7 Å².